The molecule has 4 fully saturated rings. The summed E-state index contributed by atoms with van der Waals surface area (Å²) in [5, 5.41) is 22.7. The van der Waals surface area contributed by atoms with Gasteiger partial charge >= 0.3 is 6.09 Å². The SMILES string of the molecule is CCCN(C[C@]1(O)CC[C@H]2C3=CC=C4C[C@@H](O)CC[C@]4(C)[C@H]3CC[C@@]21C)C(=O)O[C@H]1C[C@@H](C)CC[C@@H]1C(C)C. The van der Waals surface area contributed by atoms with Crippen LogP contribution in [0, 0.1) is 40.4 Å². The number of amides is 1. The van der Waals surface area contributed by atoms with E-state index >= 15 is 0 Å². The lowest BCUT2D eigenvalue weighted by molar-refractivity contribution is -0.103. The number of nitrogens with zero attached hydrogens (tertiary/aromatic N) is 1. The minimum Gasteiger partial charge on any atom is -0.446 e. The second-order valence-electron chi connectivity index (χ2n) is 15.0. The van der Waals surface area contributed by atoms with Crippen LogP contribution in [0.1, 0.15) is 112 Å². The monoisotopic (exact) mass is 541 g/mol. The normalized spacial score (nSPS) is 43.6. The maximum atomic E-state index is 13.7. The fourth-order valence-electron chi connectivity index (χ4n) is 9.63. The standard InChI is InChI=1S/C34H55NO4/c1-7-18-35(31(37)39-30-19-23(4)8-10-26(30)22(2)3)21-34(38)17-14-29-27-11-9-24-20-25(36)12-15-32(24,5)28(27)13-16-33(29,34)6/h9,11,22-23,25-26,28-30,36,38H,7-8,10,12-21H2,1-6H3/t23-,25-,26+,28-,29-,30-,32-,33-,34+/m0/s1. The largest absolute Gasteiger partial charge is 0.446 e. The van der Waals surface area contributed by atoms with Gasteiger partial charge in [0, 0.05) is 12.0 Å². The average Bonchev–Trinajstić information content (AvgIpc) is 3.14. The van der Waals surface area contributed by atoms with Crippen molar-refractivity contribution in [1.82, 2.24) is 4.90 Å². The molecule has 0 unspecified atom stereocenters. The summed E-state index contributed by atoms with van der Waals surface area (Å²) >= 11 is 0. The Balaban J connectivity index is 1.34. The van der Waals surface area contributed by atoms with Gasteiger partial charge in [-0.15, -0.1) is 0 Å². The van der Waals surface area contributed by atoms with Crippen LogP contribution in [0.15, 0.2) is 23.3 Å². The van der Waals surface area contributed by atoms with E-state index in [0.717, 1.165) is 64.2 Å². The highest BCUT2D eigenvalue weighted by Crippen LogP contribution is 2.66. The van der Waals surface area contributed by atoms with Crippen LogP contribution in [-0.2, 0) is 4.74 Å². The van der Waals surface area contributed by atoms with Gasteiger partial charge in [0.1, 0.15) is 6.10 Å². The molecule has 0 aliphatic heterocycles. The van der Waals surface area contributed by atoms with E-state index in [4.69, 9.17) is 4.74 Å². The van der Waals surface area contributed by atoms with E-state index in [1.165, 1.54) is 17.6 Å². The second-order valence-corrected chi connectivity index (χ2v) is 15.0. The van der Waals surface area contributed by atoms with Gasteiger partial charge in [0.2, 0.25) is 0 Å². The Morgan fingerprint density at radius 2 is 1.82 bits per heavy atom. The average molecular weight is 542 g/mol. The van der Waals surface area contributed by atoms with Crippen LogP contribution in [0.5, 0.6) is 0 Å². The molecule has 220 valence electrons. The predicted molar refractivity (Wildman–Crippen MR) is 156 cm³/mol. The third kappa shape index (κ3) is 5.02. The number of carbonyl (C=O) groups is 1. The molecule has 0 spiro atoms. The predicted octanol–water partition coefficient (Wildman–Crippen LogP) is 7.27. The molecule has 0 heterocycles. The molecule has 0 aromatic carbocycles. The van der Waals surface area contributed by atoms with Gasteiger partial charge in [-0.1, -0.05) is 71.3 Å². The number of allylic oxidation sites excluding steroid dienone is 3. The first kappa shape index (κ1) is 29.2. The summed E-state index contributed by atoms with van der Waals surface area (Å²) in [6.45, 7) is 14.6. The Bertz CT molecular complexity index is 988. The van der Waals surface area contributed by atoms with E-state index in [1.54, 1.807) is 0 Å². The zero-order valence-corrected chi connectivity index (χ0v) is 25.5. The Kier molecular flexibility index (Phi) is 8.09. The van der Waals surface area contributed by atoms with Crippen molar-refractivity contribution in [3.63, 3.8) is 0 Å². The van der Waals surface area contributed by atoms with Crippen molar-refractivity contribution < 1.29 is 19.7 Å². The van der Waals surface area contributed by atoms with Crippen LogP contribution in [-0.4, -0.2) is 52.1 Å². The molecule has 5 rings (SSSR count). The van der Waals surface area contributed by atoms with Crippen molar-refractivity contribution in [2.45, 2.75) is 130 Å². The van der Waals surface area contributed by atoms with Crippen molar-refractivity contribution in [3.05, 3.63) is 23.3 Å². The molecule has 5 aliphatic rings. The molecular formula is C34H55NO4. The molecule has 0 aromatic heterocycles. The quantitative estimate of drug-likeness (QED) is 0.371. The van der Waals surface area contributed by atoms with Crippen LogP contribution in [0.25, 0.3) is 0 Å². The molecule has 5 heteroatoms. The topological polar surface area (TPSA) is 70.0 Å². The molecule has 0 saturated heterocycles. The Hall–Kier alpha value is -1.33. The molecule has 39 heavy (non-hydrogen) atoms. The van der Waals surface area contributed by atoms with Crippen LogP contribution in [0.3, 0.4) is 0 Å². The summed E-state index contributed by atoms with van der Waals surface area (Å²) in [4.78, 5) is 15.5. The van der Waals surface area contributed by atoms with Gasteiger partial charge in [-0.25, -0.2) is 4.79 Å². The summed E-state index contributed by atoms with van der Waals surface area (Å²) in [7, 11) is 0. The molecule has 2 N–H and O–H groups in total. The van der Waals surface area contributed by atoms with E-state index < -0.39 is 5.60 Å². The molecule has 5 aliphatic carbocycles. The third-order valence-electron chi connectivity index (χ3n) is 12.3. The highest BCUT2D eigenvalue weighted by atomic mass is 16.6. The molecule has 0 bridgehead atoms. The molecule has 0 radical (unpaired) electrons. The van der Waals surface area contributed by atoms with Gasteiger partial charge in [0.25, 0.3) is 0 Å². The lowest BCUT2D eigenvalue weighted by Crippen LogP contribution is -2.57. The number of hydrogen-bond acceptors (Lipinski definition) is 4. The molecular weight excluding hydrogens is 486 g/mol. The molecule has 9 atom stereocenters. The number of carbonyl (C=O) groups excluding carboxylic acids is 1. The van der Waals surface area contributed by atoms with Gasteiger partial charge < -0.3 is 19.8 Å². The summed E-state index contributed by atoms with van der Waals surface area (Å²) < 4.78 is 6.28. The fourth-order valence-corrected chi connectivity index (χ4v) is 9.63. The highest BCUT2D eigenvalue weighted by molar-refractivity contribution is 5.68. The Labute approximate surface area is 237 Å². The number of aliphatic hydroxyl groups is 2. The molecule has 4 saturated carbocycles. The summed E-state index contributed by atoms with van der Waals surface area (Å²) in [5.74, 6) is 2.34. The van der Waals surface area contributed by atoms with Crippen molar-refractivity contribution in [2.24, 2.45) is 40.4 Å². The summed E-state index contributed by atoms with van der Waals surface area (Å²) in [6.07, 6.45) is 14.8. The minimum absolute atomic E-state index is 0.0271. The number of aliphatic hydroxyl groups excluding tert-OH is 1. The van der Waals surface area contributed by atoms with Crippen molar-refractivity contribution in [1.29, 1.82) is 0 Å². The molecule has 0 aromatic rings. The molecule has 5 nitrogen and oxygen atoms in total. The van der Waals surface area contributed by atoms with Gasteiger partial charge in [0.15, 0.2) is 0 Å². The summed E-state index contributed by atoms with van der Waals surface area (Å²) in [6, 6.07) is 0. The second kappa shape index (κ2) is 10.8. The van der Waals surface area contributed by atoms with Gasteiger partial charge in [-0.05, 0) is 99.2 Å². The van der Waals surface area contributed by atoms with Gasteiger partial charge in [-0.2, -0.15) is 0 Å². The number of hydrogen-bond donors (Lipinski definition) is 2. The van der Waals surface area contributed by atoms with Crippen molar-refractivity contribution >= 4 is 6.09 Å². The van der Waals surface area contributed by atoms with Crippen molar-refractivity contribution in [3.8, 4) is 0 Å². The third-order valence-corrected chi connectivity index (χ3v) is 12.3. The van der Waals surface area contributed by atoms with E-state index in [1.807, 2.05) is 4.90 Å². The maximum Gasteiger partial charge on any atom is 0.410 e. The first-order chi connectivity index (χ1) is 18.4. The van der Waals surface area contributed by atoms with Crippen LogP contribution < -0.4 is 0 Å². The number of fused-ring (bicyclic) bond motifs is 5. The highest BCUT2D eigenvalue weighted by Gasteiger charge is 2.62. The van der Waals surface area contributed by atoms with Gasteiger partial charge in [-0.3, -0.25) is 0 Å². The van der Waals surface area contributed by atoms with E-state index in [-0.39, 0.29) is 29.1 Å². The molecule has 1 amide bonds. The maximum absolute atomic E-state index is 13.7. The van der Waals surface area contributed by atoms with Crippen molar-refractivity contribution in [2.75, 3.05) is 13.1 Å². The zero-order chi connectivity index (χ0) is 28.2. The smallest absolute Gasteiger partial charge is 0.410 e. The minimum atomic E-state index is -0.914. The number of rotatable bonds is 6. The Morgan fingerprint density at radius 3 is 2.54 bits per heavy atom. The number of ether oxygens (including phenoxy) is 1. The first-order valence-electron chi connectivity index (χ1n) is 16.2. The van der Waals surface area contributed by atoms with Gasteiger partial charge in [0.05, 0.1) is 18.2 Å². The van der Waals surface area contributed by atoms with E-state index in [0.29, 0.717) is 42.7 Å². The van der Waals surface area contributed by atoms with Crippen LogP contribution in [0.4, 0.5) is 4.79 Å². The first-order valence-corrected chi connectivity index (χ1v) is 16.2. The lowest BCUT2D eigenvalue weighted by Gasteiger charge is -2.56. The Morgan fingerprint density at radius 1 is 1.08 bits per heavy atom. The lowest BCUT2D eigenvalue weighted by atomic mass is 9.50. The summed E-state index contributed by atoms with van der Waals surface area (Å²) in [5.41, 5.74) is 1.90. The van der Waals surface area contributed by atoms with E-state index in [9.17, 15) is 15.0 Å². The van der Waals surface area contributed by atoms with E-state index in [2.05, 4.69) is 53.7 Å². The van der Waals surface area contributed by atoms with Crippen LogP contribution >= 0.6 is 0 Å². The fraction of sp³-hybridized carbons (Fsp3) is 0.853. The van der Waals surface area contributed by atoms with Crippen LogP contribution in [0.2, 0.25) is 0 Å². The zero-order valence-electron chi connectivity index (χ0n) is 25.5.